The summed E-state index contributed by atoms with van der Waals surface area (Å²) in [5.74, 6) is 0.552. The second-order valence-corrected chi connectivity index (χ2v) is 5.87. The zero-order valence-corrected chi connectivity index (χ0v) is 12.1. The Kier molecular flexibility index (Phi) is 3.99. The predicted octanol–water partition coefficient (Wildman–Crippen LogP) is 2.97. The van der Waals surface area contributed by atoms with Crippen LogP contribution in [0.2, 0.25) is 0 Å². The van der Waals surface area contributed by atoms with Gasteiger partial charge in [-0.15, -0.1) is 0 Å². The Labute approximate surface area is 120 Å². The number of nitrogens with zero attached hydrogens (tertiary/aromatic N) is 2. The lowest BCUT2D eigenvalue weighted by Crippen LogP contribution is -2.32. The molecular formula is C17H23N3. The van der Waals surface area contributed by atoms with Gasteiger partial charge in [0.05, 0.1) is 5.52 Å². The van der Waals surface area contributed by atoms with E-state index in [0.717, 1.165) is 18.6 Å². The summed E-state index contributed by atoms with van der Waals surface area (Å²) in [4.78, 5) is 6.88. The van der Waals surface area contributed by atoms with Crippen molar-refractivity contribution < 1.29 is 0 Å². The summed E-state index contributed by atoms with van der Waals surface area (Å²) in [6, 6.07) is 11.2. The van der Waals surface area contributed by atoms with Gasteiger partial charge in [0.15, 0.2) is 0 Å². The summed E-state index contributed by atoms with van der Waals surface area (Å²) >= 11 is 0. The molecule has 106 valence electrons. The zero-order chi connectivity index (χ0) is 13.9. The van der Waals surface area contributed by atoms with Gasteiger partial charge in [0.25, 0.3) is 0 Å². The number of fused-ring (bicyclic) bond motifs is 1. The Balaban J connectivity index is 2.01. The molecule has 0 radical (unpaired) electrons. The van der Waals surface area contributed by atoms with Crippen LogP contribution in [0.1, 0.15) is 30.9 Å². The summed E-state index contributed by atoms with van der Waals surface area (Å²) < 4.78 is 0. The van der Waals surface area contributed by atoms with Crippen molar-refractivity contribution in [3.05, 3.63) is 42.1 Å². The largest absolute Gasteiger partial charge is 0.330 e. The smallest absolute Gasteiger partial charge is 0.0702 e. The summed E-state index contributed by atoms with van der Waals surface area (Å²) in [5.41, 5.74) is 8.48. The number of rotatable bonds is 2. The second-order valence-electron chi connectivity index (χ2n) is 5.87. The Morgan fingerprint density at radius 1 is 1.30 bits per heavy atom. The third-order valence-corrected chi connectivity index (χ3v) is 4.53. The van der Waals surface area contributed by atoms with Crippen LogP contribution in [-0.4, -0.2) is 30.0 Å². The van der Waals surface area contributed by atoms with Crippen LogP contribution >= 0.6 is 0 Å². The lowest BCUT2D eigenvalue weighted by Gasteiger charge is -2.32. The van der Waals surface area contributed by atoms with E-state index in [9.17, 15) is 0 Å². The topological polar surface area (TPSA) is 42.1 Å². The third kappa shape index (κ3) is 2.56. The molecule has 3 rings (SSSR count). The minimum absolute atomic E-state index is 0.437. The monoisotopic (exact) mass is 269 g/mol. The first-order valence-corrected chi connectivity index (χ1v) is 7.54. The Hall–Kier alpha value is -1.45. The van der Waals surface area contributed by atoms with E-state index in [2.05, 4.69) is 41.2 Å². The molecule has 20 heavy (non-hydrogen) atoms. The standard InChI is InChI=1S/C17H23N3/c1-20-10-3-2-5-15(12-18)17(20)14-7-8-16-13(11-14)6-4-9-19-16/h4,6-9,11,15,17H,2-3,5,10,12,18H2,1H3. The van der Waals surface area contributed by atoms with Crippen molar-refractivity contribution in [2.45, 2.75) is 25.3 Å². The van der Waals surface area contributed by atoms with Gasteiger partial charge in [0.2, 0.25) is 0 Å². The van der Waals surface area contributed by atoms with Crippen molar-refractivity contribution >= 4 is 10.9 Å². The summed E-state index contributed by atoms with van der Waals surface area (Å²) in [6.07, 6.45) is 5.65. The molecule has 1 aromatic carbocycles. The van der Waals surface area contributed by atoms with Crippen molar-refractivity contribution in [1.29, 1.82) is 0 Å². The molecule has 0 saturated carbocycles. The Bertz CT molecular complexity index is 581. The average molecular weight is 269 g/mol. The van der Waals surface area contributed by atoms with Crippen LogP contribution in [0.3, 0.4) is 0 Å². The predicted molar refractivity (Wildman–Crippen MR) is 83.5 cm³/mol. The molecule has 0 spiro atoms. The van der Waals surface area contributed by atoms with Crippen molar-refractivity contribution in [3.63, 3.8) is 0 Å². The second kappa shape index (κ2) is 5.90. The Morgan fingerprint density at radius 3 is 3.05 bits per heavy atom. The molecule has 3 heteroatoms. The van der Waals surface area contributed by atoms with Crippen molar-refractivity contribution in [3.8, 4) is 0 Å². The molecule has 2 N–H and O–H groups in total. The van der Waals surface area contributed by atoms with E-state index >= 15 is 0 Å². The van der Waals surface area contributed by atoms with Crippen LogP contribution in [-0.2, 0) is 0 Å². The van der Waals surface area contributed by atoms with E-state index in [1.165, 1.54) is 30.2 Å². The number of hydrogen-bond acceptors (Lipinski definition) is 3. The number of aromatic nitrogens is 1. The quantitative estimate of drug-likeness (QED) is 0.911. The fraction of sp³-hybridized carbons (Fsp3) is 0.471. The van der Waals surface area contributed by atoms with Gasteiger partial charge in [-0.2, -0.15) is 0 Å². The van der Waals surface area contributed by atoms with Crippen molar-refractivity contribution in [2.24, 2.45) is 11.7 Å². The molecule has 0 aliphatic carbocycles. The van der Waals surface area contributed by atoms with Crippen LogP contribution in [0.5, 0.6) is 0 Å². The van der Waals surface area contributed by atoms with E-state index in [1.807, 2.05) is 12.3 Å². The van der Waals surface area contributed by atoms with Gasteiger partial charge in [-0.05, 0) is 62.7 Å². The molecule has 1 aliphatic heterocycles. The summed E-state index contributed by atoms with van der Waals surface area (Å²) in [5, 5.41) is 1.22. The van der Waals surface area contributed by atoms with Gasteiger partial charge < -0.3 is 5.73 Å². The molecule has 1 aromatic heterocycles. The molecule has 2 heterocycles. The molecular weight excluding hydrogens is 246 g/mol. The highest BCUT2D eigenvalue weighted by atomic mass is 15.1. The molecule has 2 unspecified atom stereocenters. The maximum Gasteiger partial charge on any atom is 0.0702 e. The van der Waals surface area contributed by atoms with Gasteiger partial charge in [-0.25, -0.2) is 0 Å². The van der Waals surface area contributed by atoms with E-state index in [4.69, 9.17) is 5.73 Å². The average Bonchev–Trinajstić information content (AvgIpc) is 2.68. The summed E-state index contributed by atoms with van der Waals surface area (Å²) in [7, 11) is 2.23. The normalized spacial score (nSPS) is 24.7. The highest BCUT2D eigenvalue weighted by molar-refractivity contribution is 5.79. The zero-order valence-electron chi connectivity index (χ0n) is 12.1. The number of pyridine rings is 1. The SMILES string of the molecule is CN1CCCCC(CN)C1c1ccc2ncccc2c1. The molecule has 0 bridgehead atoms. The van der Waals surface area contributed by atoms with Gasteiger partial charge in [-0.3, -0.25) is 9.88 Å². The van der Waals surface area contributed by atoms with Gasteiger partial charge in [0, 0.05) is 17.6 Å². The van der Waals surface area contributed by atoms with Crippen LogP contribution in [0.25, 0.3) is 10.9 Å². The minimum atomic E-state index is 0.437. The first-order valence-electron chi connectivity index (χ1n) is 7.54. The van der Waals surface area contributed by atoms with E-state index in [1.54, 1.807) is 0 Å². The fourth-order valence-corrected chi connectivity index (χ4v) is 3.48. The maximum atomic E-state index is 6.04. The first-order chi connectivity index (χ1) is 9.79. The first kappa shape index (κ1) is 13.5. The Morgan fingerprint density at radius 2 is 2.20 bits per heavy atom. The fourth-order valence-electron chi connectivity index (χ4n) is 3.48. The van der Waals surface area contributed by atoms with Gasteiger partial charge in [-0.1, -0.05) is 18.6 Å². The van der Waals surface area contributed by atoms with E-state index in [-0.39, 0.29) is 0 Å². The van der Waals surface area contributed by atoms with Crippen LogP contribution < -0.4 is 5.73 Å². The van der Waals surface area contributed by atoms with Crippen molar-refractivity contribution in [1.82, 2.24) is 9.88 Å². The molecule has 1 fully saturated rings. The lowest BCUT2D eigenvalue weighted by atomic mass is 9.89. The van der Waals surface area contributed by atoms with E-state index < -0.39 is 0 Å². The van der Waals surface area contributed by atoms with E-state index in [0.29, 0.717) is 12.0 Å². The van der Waals surface area contributed by atoms with Crippen LogP contribution in [0.4, 0.5) is 0 Å². The highest BCUT2D eigenvalue weighted by Gasteiger charge is 2.28. The summed E-state index contributed by atoms with van der Waals surface area (Å²) in [6.45, 7) is 1.92. The molecule has 3 nitrogen and oxygen atoms in total. The molecule has 2 atom stereocenters. The highest BCUT2D eigenvalue weighted by Crippen LogP contribution is 2.34. The minimum Gasteiger partial charge on any atom is -0.330 e. The van der Waals surface area contributed by atoms with Gasteiger partial charge >= 0.3 is 0 Å². The lowest BCUT2D eigenvalue weighted by molar-refractivity contribution is 0.196. The van der Waals surface area contributed by atoms with Crippen LogP contribution in [0, 0.1) is 5.92 Å². The van der Waals surface area contributed by atoms with Gasteiger partial charge in [0.1, 0.15) is 0 Å². The van der Waals surface area contributed by atoms with Crippen molar-refractivity contribution in [2.75, 3.05) is 20.1 Å². The number of nitrogens with two attached hydrogens (primary N) is 1. The number of benzene rings is 1. The molecule has 1 aliphatic rings. The number of hydrogen-bond donors (Lipinski definition) is 1. The molecule has 1 saturated heterocycles. The van der Waals surface area contributed by atoms with Crippen LogP contribution in [0.15, 0.2) is 36.5 Å². The third-order valence-electron chi connectivity index (χ3n) is 4.53. The maximum absolute atomic E-state index is 6.04. The molecule has 0 amide bonds. The number of likely N-dealkylation sites (tertiary alicyclic amines) is 1. The molecule has 2 aromatic rings.